The summed E-state index contributed by atoms with van der Waals surface area (Å²) in [7, 11) is 5.11. The van der Waals surface area contributed by atoms with Gasteiger partial charge in [-0.05, 0) is 19.2 Å². The largest absolute Gasteiger partial charge is 0.348 e. The van der Waals surface area contributed by atoms with Gasteiger partial charge in [0, 0.05) is 30.7 Å². The summed E-state index contributed by atoms with van der Waals surface area (Å²) >= 11 is 1.56. The van der Waals surface area contributed by atoms with Crippen LogP contribution in [-0.4, -0.2) is 61.1 Å². The van der Waals surface area contributed by atoms with E-state index in [1.54, 1.807) is 37.8 Å². The van der Waals surface area contributed by atoms with Crippen molar-refractivity contribution in [2.75, 3.05) is 39.5 Å². The normalized spacial score (nSPS) is 11.7. The van der Waals surface area contributed by atoms with Gasteiger partial charge in [0.25, 0.3) is 0 Å². The fourth-order valence-corrected chi connectivity index (χ4v) is 2.92. The van der Waals surface area contributed by atoms with Crippen molar-refractivity contribution in [2.24, 2.45) is 0 Å². The Morgan fingerprint density at radius 1 is 1.25 bits per heavy atom. The molecule has 24 heavy (non-hydrogen) atoms. The Kier molecular flexibility index (Phi) is 8.30. The molecule has 7 heteroatoms. The number of nitriles is 1. The highest BCUT2D eigenvalue weighted by Crippen LogP contribution is 2.31. The van der Waals surface area contributed by atoms with Crippen molar-refractivity contribution in [1.29, 1.82) is 5.26 Å². The van der Waals surface area contributed by atoms with Crippen molar-refractivity contribution >= 4 is 29.3 Å². The maximum Gasteiger partial charge on any atom is 0.238 e. The van der Waals surface area contributed by atoms with Gasteiger partial charge in [-0.1, -0.05) is 19.1 Å². The molecule has 0 aromatic heterocycles. The van der Waals surface area contributed by atoms with Crippen molar-refractivity contribution in [1.82, 2.24) is 9.80 Å². The quantitative estimate of drug-likeness (QED) is 0.728. The second-order valence-electron chi connectivity index (χ2n) is 5.80. The Labute approximate surface area is 147 Å². The minimum absolute atomic E-state index is 0.0495. The first-order valence-electron chi connectivity index (χ1n) is 7.64. The summed E-state index contributed by atoms with van der Waals surface area (Å²) in [6.07, 6.45) is 0.447. The first-order valence-corrected chi connectivity index (χ1v) is 8.52. The van der Waals surface area contributed by atoms with Crippen molar-refractivity contribution in [2.45, 2.75) is 23.5 Å². The molecule has 1 rings (SSSR count). The second kappa shape index (κ2) is 9.96. The third kappa shape index (κ3) is 7.02. The molecule has 1 aromatic rings. The lowest BCUT2D eigenvalue weighted by atomic mass is 10.3. The summed E-state index contributed by atoms with van der Waals surface area (Å²) < 4.78 is 0. The summed E-state index contributed by atoms with van der Waals surface area (Å²) in [5.74, 6) is -0.225. The van der Waals surface area contributed by atoms with E-state index in [9.17, 15) is 9.59 Å². The molecule has 130 valence electrons. The summed E-state index contributed by atoms with van der Waals surface area (Å²) in [6, 6.07) is 9.67. The molecular weight excluding hydrogens is 324 g/mol. The molecule has 0 heterocycles. The number of anilines is 1. The second-order valence-corrected chi connectivity index (χ2v) is 7.28. The molecule has 6 nitrogen and oxygen atoms in total. The molecule has 0 radical (unpaired) electrons. The van der Waals surface area contributed by atoms with Crippen LogP contribution in [0.4, 0.5) is 5.69 Å². The first kappa shape index (κ1) is 20.0. The Hall–Kier alpha value is -2.04. The summed E-state index contributed by atoms with van der Waals surface area (Å²) in [4.78, 5) is 28.0. The van der Waals surface area contributed by atoms with Gasteiger partial charge in [-0.15, -0.1) is 11.8 Å². The Morgan fingerprint density at radius 3 is 2.54 bits per heavy atom. The number of carbonyl (C=O) groups is 2. The minimum Gasteiger partial charge on any atom is -0.348 e. The molecule has 0 aliphatic heterocycles. The molecule has 1 unspecified atom stereocenters. The molecule has 0 saturated heterocycles. The molecule has 1 atom stereocenters. The number of nitrogens with one attached hydrogen (secondary N) is 1. The molecule has 0 bridgehead atoms. The average molecular weight is 348 g/mol. The number of para-hydroxylation sites is 1. The van der Waals surface area contributed by atoms with Gasteiger partial charge in [0.2, 0.25) is 11.8 Å². The summed E-state index contributed by atoms with van der Waals surface area (Å²) in [6.45, 7) is 2.30. The number of hydrogen-bond donors (Lipinski definition) is 1. The number of rotatable bonds is 8. The zero-order valence-corrected chi connectivity index (χ0v) is 15.4. The van der Waals surface area contributed by atoms with Gasteiger partial charge in [-0.3, -0.25) is 14.5 Å². The van der Waals surface area contributed by atoms with Gasteiger partial charge in [0.05, 0.1) is 24.8 Å². The Balaban J connectivity index is 2.64. The van der Waals surface area contributed by atoms with E-state index in [4.69, 9.17) is 5.26 Å². The van der Waals surface area contributed by atoms with Crippen LogP contribution in [0.15, 0.2) is 29.2 Å². The van der Waals surface area contributed by atoms with Crippen LogP contribution >= 0.6 is 11.8 Å². The SMILES string of the molecule is CC(CC#N)Sc1ccccc1NC(=O)CN(C)CC(=O)N(C)C. The smallest absolute Gasteiger partial charge is 0.238 e. The van der Waals surface area contributed by atoms with Gasteiger partial charge in [-0.25, -0.2) is 0 Å². The first-order chi connectivity index (χ1) is 11.3. The van der Waals surface area contributed by atoms with Crippen LogP contribution in [0.1, 0.15) is 13.3 Å². The van der Waals surface area contributed by atoms with Gasteiger partial charge in [0.15, 0.2) is 0 Å². The van der Waals surface area contributed by atoms with Crippen LogP contribution in [-0.2, 0) is 9.59 Å². The van der Waals surface area contributed by atoms with E-state index < -0.39 is 0 Å². The number of thioether (sulfide) groups is 1. The molecule has 1 N–H and O–H groups in total. The molecule has 1 aromatic carbocycles. The number of likely N-dealkylation sites (N-methyl/N-ethyl adjacent to an activating group) is 2. The van der Waals surface area contributed by atoms with E-state index in [1.807, 2.05) is 31.2 Å². The van der Waals surface area contributed by atoms with Gasteiger partial charge >= 0.3 is 0 Å². The van der Waals surface area contributed by atoms with Crippen molar-refractivity contribution < 1.29 is 9.59 Å². The van der Waals surface area contributed by atoms with Gasteiger partial charge < -0.3 is 10.2 Å². The van der Waals surface area contributed by atoms with E-state index in [1.165, 1.54) is 4.90 Å². The van der Waals surface area contributed by atoms with E-state index >= 15 is 0 Å². The fraction of sp³-hybridized carbons (Fsp3) is 0.471. The predicted octanol–water partition coefficient (Wildman–Crippen LogP) is 2.04. The predicted molar refractivity (Wildman–Crippen MR) is 96.8 cm³/mol. The van der Waals surface area contributed by atoms with Gasteiger partial charge in [-0.2, -0.15) is 5.26 Å². The number of amides is 2. The summed E-state index contributed by atoms with van der Waals surface area (Å²) in [5.41, 5.74) is 0.727. The summed E-state index contributed by atoms with van der Waals surface area (Å²) in [5, 5.41) is 11.8. The van der Waals surface area contributed by atoms with E-state index in [0.29, 0.717) is 6.42 Å². The molecular formula is C17H24N4O2S. The lowest BCUT2D eigenvalue weighted by molar-refractivity contribution is -0.130. The fourth-order valence-electron chi connectivity index (χ4n) is 1.92. The van der Waals surface area contributed by atoms with Crippen molar-refractivity contribution in [3.8, 4) is 6.07 Å². The van der Waals surface area contributed by atoms with E-state index in [-0.39, 0.29) is 30.2 Å². The molecule has 0 spiro atoms. The van der Waals surface area contributed by atoms with Crippen molar-refractivity contribution in [3.05, 3.63) is 24.3 Å². The molecule has 0 aliphatic rings. The van der Waals surface area contributed by atoms with Crippen molar-refractivity contribution in [3.63, 3.8) is 0 Å². The standard InChI is InChI=1S/C17H24N4O2S/c1-13(9-10-18)24-15-8-6-5-7-14(15)19-16(22)11-21(4)12-17(23)20(2)3/h5-8,13H,9,11-12H2,1-4H3,(H,19,22). The maximum atomic E-state index is 12.2. The van der Waals surface area contributed by atoms with Crippen LogP contribution in [0.25, 0.3) is 0 Å². The van der Waals surface area contributed by atoms with Crippen LogP contribution in [0.3, 0.4) is 0 Å². The Bertz CT molecular complexity index is 613. The van der Waals surface area contributed by atoms with Crippen LogP contribution in [0, 0.1) is 11.3 Å². The highest BCUT2D eigenvalue weighted by molar-refractivity contribution is 8.00. The highest BCUT2D eigenvalue weighted by Gasteiger charge is 2.14. The van der Waals surface area contributed by atoms with Crippen LogP contribution in [0.5, 0.6) is 0 Å². The van der Waals surface area contributed by atoms with Crippen LogP contribution in [0.2, 0.25) is 0 Å². The number of nitrogens with zero attached hydrogens (tertiary/aromatic N) is 3. The average Bonchev–Trinajstić information content (AvgIpc) is 2.49. The lowest BCUT2D eigenvalue weighted by Crippen LogP contribution is -2.38. The van der Waals surface area contributed by atoms with E-state index in [2.05, 4.69) is 11.4 Å². The lowest BCUT2D eigenvalue weighted by Gasteiger charge is -2.19. The van der Waals surface area contributed by atoms with Crippen LogP contribution < -0.4 is 5.32 Å². The highest BCUT2D eigenvalue weighted by atomic mass is 32.2. The number of carbonyl (C=O) groups excluding carboxylic acids is 2. The number of benzene rings is 1. The Morgan fingerprint density at radius 2 is 1.92 bits per heavy atom. The molecule has 0 fully saturated rings. The third-order valence-electron chi connectivity index (χ3n) is 3.19. The molecule has 0 saturated carbocycles. The monoisotopic (exact) mass is 348 g/mol. The number of hydrogen-bond acceptors (Lipinski definition) is 5. The molecule has 0 aliphatic carbocycles. The molecule has 2 amide bonds. The zero-order chi connectivity index (χ0) is 18.1. The maximum absolute atomic E-state index is 12.2. The van der Waals surface area contributed by atoms with E-state index in [0.717, 1.165) is 10.6 Å². The topological polar surface area (TPSA) is 76.4 Å². The minimum atomic E-state index is -0.176. The zero-order valence-electron chi connectivity index (χ0n) is 14.6. The third-order valence-corrected chi connectivity index (χ3v) is 4.36. The van der Waals surface area contributed by atoms with Gasteiger partial charge in [0.1, 0.15) is 0 Å².